The number of imidazole rings is 1. The van der Waals surface area contributed by atoms with Crippen LogP contribution in [-0.2, 0) is 16.4 Å². The Hall–Kier alpha value is -1.61. The molecule has 108 valence electrons. The topological polar surface area (TPSA) is 125 Å². The average molecular weight is 289 g/mol. The summed E-state index contributed by atoms with van der Waals surface area (Å²) in [6, 6.07) is 0. The van der Waals surface area contributed by atoms with Crippen LogP contribution in [0.5, 0.6) is 0 Å². The highest BCUT2D eigenvalue weighted by Crippen LogP contribution is 2.13. The third kappa shape index (κ3) is 3.67. The maximum Gasteiger partial charge on any atom is 0.260 e. The number of nitrogens with two attached hydrogens (primary N) is 1. The van der Waals surface area contributed by atoms with Crippen molar-refractivity contribution in [2.75, 3.05) is 13.1 Å². The number of rotatable bonds is 7. The van der Waals surface area contributed by atoms with Gasteiger partial charge in [-0.2, -0.15) is 4.31 Å². The van der Waals surface area contributed by atoms with Crippen LogP contribution in [0, 0.1) is 0 Å². The SMILES string of the molecule is CCc1ncc(S(=O)(=O)N(CC)CCC(N)=NO)[nH]1. The molecule has 1 aromatic rings. The van der Waals surface area contributed by atoms with Crippen LogP contribution in [0.15, 0.2) is 16.4 Å². The highest BCUT2D eigenvalue weighted by Gasteiger charge is 2.25. The maximum atomic E-state index is 12.3. The van der Waals surface area contributed by atoms with Gasteiger partial charge in [0, 0.05) is 25.9 Å². The molecule has 0 unspecified atom stereocenters. The second kappa shape index (κ2) is 6.53. The molecule has 1 aromatic heterocycles. The van der Waals surface area contributed by atoms with Crippen molar-refractivity contribution in [2.24, 2.45) is 10.9 Å². The van der Waals surface area contributed by atoms with E-state index in [2.05, 4.69) is 15.1 Å². The Labute approximate surface area is 112 Å². The van der Waals surface area contributed by atoms with Gasteiger partial charge in [0.15, 0.2) is 5.03 Å². The van der Waals surface area contributed by atoms with E-state index in [1.165, 1.54) is 10.5 Å². The molecule has 0 amide bonds. The Bertz CT molecular complexity index is 537. The summed E-state index contributed by atoms with van der Waals surface area (Å²) in [5.41, 5.74) is 5.34. The monoisotopic (exact) mass is 289 g/mol. The fraction of sp³-hybridized carbons (Fsp3) is 0.600. The molecule has 0 saturated carbocycles. The van der Waals surface area contributed by atoms with Gasteiger partial charge in [0.25, 0.3) is 10.0 Å². The standard InChI is InChI=1S/C10H19N5O3S/c1-3-9-12-7-10(13-9)19(17,18)15(4-2)6-5-8(11)14-16/h7,16H,3-6H2,1-2H3,(H2,11,14)(H,12,13). The predicted molar refractivity (Wildman–Crippen MR) is 70.4 cm³/mol. The van der Waals surface area contributed by atoms with Crippen molar-refractivity contribution in [1.29, 1.82) is 0 Å². The highest BCUT2D eigenvalue weighted by atomic mass is 32.2. The molecule has 9 heteroatoms. The molecule has 0 fully saturated rings. The molecule has 1 heterocycles. The van der Waals surface area contributed by atoms with Gasteiger partial charge < -0.3 is 15.9 Å². The maximum absolute atomic E-state index is 12.3. The van der Waals surface area contributed by atoms with E-state index in [1.54, 1.807) is 6.92 Å². The Morgan fingerprint density at radius 1 is 1.58 bits per heavy atom. The number of hydrogen-bond donors (Lipinski definition) is 3. The second-order valence-electron chi connectivity index (χ2n) is 3.89. The van der Waals surface area contributed by atoms with Gasteiger partial charge in [-0.3, -0.25) is 0 Å². The lowest BCUT2D eigenvalue weighted by Crippen LogP contribution is -2.34. The van der Waals surface area contributed by atoms with E-state index >= 15 is 0 Å². The van der Waals surface area contributed by atoms with Gasteiger partial charge in [0.2, 0.25) is 0 Å². The first-order valence-electron chi connectivity index (χ1n) is 5.96. The van der Waals surface area contributed by atoms with Gasteiger partial charge in [-0.05, 0) is 0 Å². The van der Waals surface area contributed by atoms with Crippen molar-refractivity contribution in [3.63, 3.8) is 0 Å². The van der Waals surface area contributed by atoms with E-state index in [1.807, 2.05) is 6.92 Å². The quantitative estimate of drug-likeness (QED) is 0.284. The van der Waals surface area contributed by atoms with Crippen LogP contribution < -0.4 is 5.73 Å². The van der Waals surface area contributed by atoms with E-state index in [0.29, 0.717) is 18.8 Å². The molecule has 0 radical (unpaired) electrons. The lowest BCUT2D eigenvalue weighted by molar-refractivity contribution is 0.315. The molecule has 0 aliphatic rings. The van der Waals surface area contributed by atoms with Crippen molar-refractivity contribution in [3.05, 3.63) is 12.0 Å². The summed E-state index contributed by atoms with van der Waals surface area (Å²) in [6.45, 7) is 4.04. The third-order valence-electron chi connectivity index (χ3n) is 2.66. The van der Waals surface area contributed by atoms with Gasteiger partial charge >= 0.3 is 0 Å². The minimum Gasteiger partial charge on any atom is -0.409 e. The van der Waals surface area contributed by atoms with E-state index in [-0.39, 0.29) is 23.8 Å². The summed E-state index contributed by atoms with van der Waals surface area (Å²) in [5.74, 6) is 0.610. The number of aryl methyl sites for hydroxylation is 1. The van der Waals surface area contributed by atoms with Crippen LogP contribution in [0.1, 0.15) is 26.1 Å². The fourth-order valence-electron chi connectivity index (χ4n) is 1.53. The molecule has 0 aromatic carbocycles. The minimum atomic E-state index is -3.62. The molecule has 8 nitrogen and oxygen atoms in total. The molecule has 4 N–H and O–H groups in total. The van der Waals surface area contributed by atoms with E-state index < -0.39 is 10.0 Å². The summed E-state index contributed by atoms with van der Waals surface area (Å²) in [5, 5.41) is 11.3. The molecule has 1 rings (SSSR count). The Morgan fingerprint density at radius 2 is 2.26 bits per heavy atom. The van der Waals surface area contributed by atoms with Gasteiger partial charge in [-0.25, -0.2) is 13.4 Å². The van der Waals surface area contributed by atoms with Gasteiger partial charge in [0.05, 0.1) is 6.20 Å². The van der Waals surface area contributed by atoms with Crippen LogP contribution in [0.2, 0.25) is 0 Å². The second-order valence-corrected chi connectivity index (χ2v) is 5.79. The highest BCUT2D eigenvalue weighted by molar-refractivity contribution is 7.89. The number of hydrogen-bond acceptors (Lipinski definition) is 5. The zero-order valence-electron chi connectivity index (χ0n) is 11.0. The average Bonchev–Trinajstić information content (AvgIpc) is 2.88. The Balaban J connectivity index is 2.89. The smallest absolute Gasteiger partial charge is 0.260 e. The van der Waals surface area contributed by atoms with E-state index in [0.717, 1.165) is 0 Å². The van der Waals surface area contributed by atoms with E-state index in [4.69, 9.17) is 10.9 Å². The molecule has 0 spiro atoms. The molecule has 19 heavy (non-hydrogen) atoms. The first-order chi connectivity index (χ1) is 8.95. The van der Waals surface area contributed by atoms with Crippen molar-refractivity contribution >= 4 is 15.9 Å². The molecule has 0 bridgehead atoms. The molecule has 0 atom stereocenters. The lowest BCUT2D eigenvalue weighted by Gasteiger charge is -2.18. The molecule has 0 aliphatic heterocycles. The predicted octanol–water partition coefficient (Wildman–Crippen LogP) is 0.119. The normalized spacial score (nSPS) is 13.1. The van der Waals surface area contributed by atoms with Crippen LogP contribution >= 0.6 is 0 Å². The summed E-state index contributed by atoms with van der Waals surface area (Å²) in [7, 11) is -3.62. The summed E-state index contributed by atoms with van der Waals surface area (Å²) in [4.78, 5) is 6.75. The fourth-order valence-corrected chi connectivity index (χ4v) is 2.91. The van der Waals surface area contributed by atoms with Crippen LogP contribution in [0.25, 0.3) is 0 Å². The summed E-state index contributed by atoms with van der Waals surface area (Å²) < 4.78 is 25.9. The Morgan fingerprint density at radius 3 is 2.74 bits per heavy atom. The van der Waals surface area contributed by atoms with Crippen molar-refractivity contribution in [2.45, 2.75) is 31.7 Å². The van der Waals surface area contributed by atoms with Crippen molar-refractivity contribution in [1.82, 2.24) is 14.3 Å². The first kappa shape index (κ1) is 15.4. The number of H-pyrrole nitrogens is 1. The van der Waals surface area contributed by atoms with Gasteiger partial charge in [-0.1, -0.05) is 19.0 Å². The number of nitrogens with one attached hydrogen (secondary N) is 1. The number of sulfonamides is 1. The zero-order chi connectivity index (χ0) is 14.5. The Kier molecular flexibility index (Phi) is 5.31. The third-order valence-corrected chi connectivity index (χ3v) is 4.54. The minimum absolute atomic E-state index is 0.00694. The van der Waals surface area contributed by atoms with Crippen LogP contribution in [-0.4, -0.2) is 46.8 Å². The van der Waals surface area contributed by atoms with Gasteiger partial charge in [0.1, 0.15) is 11.7 Å². The number of amidine groups is 1. The number of oxime groups is 1. The molecular formula is C10H19N5O3S. The number of aromatic nitrogens is 2. The summed E-state index contributed by atoms with van der Waals surface area (Å²) in [6.07, 6.45) is 2.10. The molecule has 0 saturated heterocycles. The van der Waals surface area contributed by atoms with Crippen molar-refractivity contribution < 1.29 is 13.6 Å². The summed E-state index contributed by atoms with van der Waals surface area (Å²) >= 11 is 0. The molecule has 0 aliphatic carbocycles. The first-order valence-corrected chi connectivity index (χ1v) is 7.40. The van der Waals surface area contributed by atoms with Crippen LogP contribution in [0.3, 0.4) is 0 Å². The zero-order valence-corrected chi connectivity index (χ0v) is 11.8. The van der Waals surface area contributed by atoms with Gasteiger partial charge in [-0.15, -0.1) is 0 Å². The number of aromatic amines is 1. The largest absolute Gasteiger partial charge is 0.409 e. The number of nitrogens with zero attached hydrogens (tertiary/aromatic N) is 3. The molecular weight excluding hydrogens is 270 g/mol. The van der Waals surface area contributed by atoms with E-state index in [9.17, 15) is 8.42 Å². The lowest BCUT2D eigenvalue weighted by atomic mass is 10.4. The van der Waals surface area contributed by atoms with Crippen LogP contribution in [0.4, 0.5) is 0 Å². The van der Waals surface area contributed by atoms with Crippen molar-refractivity contribution in [3.8, 4) is 0 Å².